The van der Waals surface area contributed by atoms with Crippen molar-refractivity contribution in [3.8, 4) is 11.1 Å². The smallest absolute Gasteiger partial charge is 0.225 e. The van der Waals surface area contributed by atoms with E-state index in [9.17, 15) is 12.8 Å². The number of halogens is 1. The highest BCUT2D eigenvalue weighted by Gasteiger charge is 2.19. The van der Waals surface area contributed by atoms with Gasteiger partial charge < -0.3 is 0 Å². The Hall–Kier alpha value is -1.72. The first-order chi connectivity index (χ1) is 8.41. The van der Waals surface area contributed by atoms with Crippen molar-refractivity contribution in [2.45, 2.75) is 11.8 Å². The van der Waals surface area contributed by atoms with Gasteiger partial charge in [-0.15, -0.1) is 0 Å². The lowest BCUT2D eigenvalue weighted by molar-refractivity contribution is 0.569. The van der Waals surface area contributed by atoms with Gasteiger partial charge in [-0.3, -0.25) is 0 Å². The summed E-state index contributed by atoms with van der Waals surface area (Å²) in [5.41, 5.74) is 1.55. The average molecular weight is 265 g/mol. The molecule has 0 aliphatic heterocycles. The summed E-state index contributed by atoms with van der Waals surface area (Å²) in [7, 11) is -4.06. The van der Waals surface area contributed by atoms with E-state index in [0.29, 0.717) is 11.1 Å². The second kappa shape index (κ2) is 4.51. The number of rotatable bonds is 2. The van der Waals surface area contributed by atoms with Crippen LogP contribution in [0.15, 0.2) is 47.4 Å². The summed E-state index contributed by atoms with van der Waals surface area (Å²) in [5, 5.41) is 4.99. The number of primary sulfonamides is 1. The van der Waals surface area contributed by atoms with E-state index in [1.165, 1.54) is 6.07 Å². The maximum Gasteiger partial charge on any atom is 0.240 e. The van der Waals surface area contributed by atoms with Gasteiger partial charge in [0.25, 0.3) is 0 Å². The van der Waals surface area contributed by atoms with Crippen LogP contribution >= 0.6 is 0 Å². The molecule has 0 radical (unpaired) electrons. The third-order valence-electron chi connectivity index (χ3n) is 2.68. The monoisotopic (exact) mass is 265 g/mol. The van der Waals surface area contributed by atoms with E-state index in [1.807, 2.05) is 0 Å². The Kier molecular flexibility index (Phi) is 3.19. The molecule has 0 atom stereocenters. The highest BCUT2D eigenvalue weighted by atomic mass is 32.2. The molecule has 0 saturated heterocycles. The van der Waals surface area contributed by atoms with Crippen LogP contribution in [0, 0.1) is 12.7 Å². The average Bonchev–Trinajstić information content (AvgIpc) is 2.28. The van der Waals surface area contributed by atoms with Crippen LogP contribution in [0.4, 0.5) is 4.39 Å². The second-order valence-electron chi connectivity index (χ2n) is 3.98. The molecule has 5 heteroatoms. The Bertz CT molecular complexity index is 682. The summed E-state index contributed by atoms with van der Waals surface area (Å²) >= 11 is 0. The van der Waals surface area contributed by atoms with Crippen LogP contribution in [0.25, 0.3) is 11.1 Å². The number of nitrogens with two attached hydrogens (primary N) is 1. The van der Waals surface area contributed by atoms with Crippen molar-refractivity contribution < 1.29 is 12.8 Å². The molecule has 0 aromatic heterocycles. The zero-order chi connectivity index (χ0) is 13.3. The maximum absolute atomic E-state index is 14.3. The van der Waals surface area contributed by atoms with Gasteiger partial charge >= 0.3 is 0 Å². The first-order valence-electron chi connectivity index (χ1n) is 5.28. The Morgan fingerprint density at radius 2 is 1.67 bits per heavy atom. The molecule has 2 aromatic rings. The minimum Gasteiger partial charge on any atom is -0.225 e. The summed E-state index contributed by atoms with van der Waals surface area (Å²) in [6, 6.07) is 11.5. The van der Waals surface area contributed by atoms with E-state index >= 15 is 0 Å². The molecule has 0 bridgehead atoms. The van der Waals surface area contributed by atoms with Crippen molar-refractivity contribution in [2.75, 3.05) is 0 Å². The van der Waals surface area contributed by atoms with E-state index in [2.05, 4.69) is 0 Å². The molecule has 94 valence electrons. The van der Waals surface area contributed by atoms with Gasteiger partial charge in [0, 0.05) is 5.56 Å². The summed E-state index contributed by atoms with van der Waals surface area (Å²) in [6.07, 6.45) is 0. The molecular weight excluding hydrogens is 253 g/mol. The summed E-state index contributed by atoms with van der Waals surface area (Å²) < 4.78 is 36.8. The Morgan fingerprint density at radius 3 is 2.22 bits per heavy atom. The lowest BCUT2D eigenvalue weighted by Crippen LogP contribution is -2.14. The highest BCUT2D eigenvalue weighted by molar-refractivity contribution is 7.89. The lowest BCUT2D eigenvalue weighted by atomic mass is 10.0. The standard InChI is InChI=1S/C13H12FNO2S/c1-9-7-8-11(18(15,16)17)13(14)12(9)10-5-3-2-4-6-10/h2-8H,1H3,(H2,15,16,17). The van der Waals surface area contributed by atoms with Crippen molar-refractivity contribution in [1.29, 1.82) is 0 Å². The molecule has 2 N–H and O–H groups in total. The summed E-state index contributed by atoms with van der Waals surface area (Å²) in [6.45, 7) is 1.72. The summed E-state index contributed by atoms with van der Waals surface area (Å²) in [4.78, 5) is -0.480. The highest BCUT2D eigenvalue weighted by Crippen LogP contribution is 2.29. The first kappa shape index (κ1) is 12.7. The van der Waals surface area contributed by atoms with Gasteiger partial charge in [0.2, 0.25) is 10.0 Å². The van der Waals surface area contributed by atoms with E-state index in [-0.39, 0.29) is 5.56 Å². The molecule has 0 aliphatic rings. The van der Waals surface area contributed by atoms with E-state index in [4.69, 9.17) is 5.14 Å². The number of sulfonamides is 1. The van der Waals surface area contributed by atoms with Crippen LogP contribution in [-0.2, 0) is 10.0 Å². The minimum atomic E-state index is -4.06. The fraction of sp³-hybridized carbons (Fsp3) is 0.0769. The Balaban J connectivity index is 2.76. The largest absolute Gasteiger partial charge is 0.240 e. The minimum absolute atomic E-state index is 0.266. The van der Waals surface area contributed by atoms with E-state index in [0.717, 1.165) is 0 Å². The van der Waals surface area contributed by atoms with Gasteiger partial charge in [-0.25, -0.2) is 17.9 Å². The van der Waals surface area contributed by atoms with Crippen LogP contribution in [0.3, 0.4) is 0 Å². The topological polar surface area (TPSA) is 60.2 Å². The van der Waals surface area contributed by atoms with Gasteiger partial charge in [-0.2, -0.15) is 0 Å². The third kappa shape index (κ3) is 2.27. The number of aryl methyl sites for hydroxylation is 1. The first-order valence-corrected chi connectivity index (χ1v) is 6.83. The Labute approximate surface area is 105 Å². The van der Waals surface area contributed by atoms with Gasteiger partial charge in [0.05, 0.1) is 0 Å². The SMILES string of the molecule is Cc1ccc(S(N)(=O)=O)c(F)c1-c1ccccc1. The van der Waals surface area contributed by atoms with Crippen LogP contribution < -0.4 is 5.14 Å². The van der Waals surface area contributed by atoms with Crippen molar-refractivity contribution >= 4 is 10.0 Å². The zero-order valence-electron chi connectivity index (χ0n) is 9.72. The van der Waals surface area contributed by atoms with Crippen LogP contribution in [0.2, 0.25) is 0 Å². The molecule has 0 saturated carbocycles. The molecule has 0 fully saturated rings. The molecule has 3 nitrogen and oxygen atoms in total. The van der Waals surface area contributed by atoms with E-state index in [1.54, 1.807) is 43.3 Å². The van der Waals surface area contributed by atoms with Gasteiger partial charge in [0.15, 0.2) is 5.82 Å². The molecule has 0 aliphatic carbocycles. The number of benzene rings is 2. The van der Waals surface area contributed by atoms with Crippen molar-refractivity contribution in [1.82, 2.24) is 0 Å². The Morgan fingerprint density at radius 1 is 1.06 bits per heavy atom. The molecule has 0 heterocycles. The van der Waals surface area contributed by atoms with Gasteiger partial charge in [-0.1, -0.05) is 36.4 Å². The number of hydrogen-bond acceptors (Lipinski definition) is 2. The molecule has 18 heavy (non-hydrogen) atoms. The molecule has 2 aromatic carbocycles. The third-order valence-corrected chi connectivity index (χ3v) is 3.61. The molecule has 2 rings (SSSR count). The molecule has 0 spiro atoms. The van der Waals surface area contributed by atoms with Gasteiger partial charge in [0.1, 0.15) is 4.90 Å². The number of hydrogen-bond donors (Lipinski definition) is 1. The predicted octanol–water partition coefficient (Wildman–Crippen LogP) is 2.45. The molecule has 0 amide bonds. The fourth-order valence-corrected chi connectivity index (χ4v) is 2.44. The quantitative estimate of drug-likeness (QED) is 0.906. The van der Waals surface area contributed by atoms with E-state index < -0.39 is 20.7 Å². The fourth-order valence-electron chi connectivity index (χ4n) is 1.83. The van der Waals surface area contributed by atoms with Crippen molar-refractivity contribution in [3.05, 3.63) is 53.8 Å². The van der Waals surface area contributed by atoms with Crippen molar-refractivity contribution in [2.24, 2.45) is 5.14 Å². The molecular formula is C13H12FNO2S. The molecule has 0 unspecified atom stereocenters. The normalized spacial score (nSPS) is 11.5. The zero-order valence-corrected chi connectivity index (χ0v) is 10.5. The van der Waals surface area contributed by atoms with Crippen LogP contribution in [0.5, 0.6) is 0 Å². The van der Waals surface area contributed by atoms with Crippen LogP contribution in [-0.4, -0.2) is 8.42 Å². The predicted molar refractivity (Wildman–Crippen MR) is 67.9 cm³/mol. The van der Waals surface area contributed by atoms with Gasteiger partial charge in [-0.05, 0) is 24.1 Å². The lowest BCUT2D eigenvalue weighted by Gasteiger charge is -2.10. The summed E-state index contributed by atoms with van der Waals surface area (Å²) in [5.74, 6) is -0.802. The second-order valence-corrected chi connectivity index (χ2v) is 5.51. The maximum atomic E-state index is 14.3. The van der Waals surface area contributed by atoms with Crippen molar-refractivity contribution in [3.63, 3.8) is 0 Å². The van der Waals surface area contributed by atoms with Crippen LogP contribution in [0.1, 0.15) is 5.56 Å².